The molecule has 1 heterocycles. The van der Waals surface area contributed by atoms with Crippen molar-refractivity contribution in [1.82, 2.24) is 4.90 Å². The Hall–Kier alpha value is -0.810. The molecule has 1 unspecified atom stereocenters. The van der Waals surface area contributed by atoms with Crippen LogP contribution in [-0.2, 0) is 11.3 Å². The molecule has 0 spiro atoms. The number of nitrogens with zero attached hydrogens (tertiary/aromatic N) is 1. The van der Waals surface area contributed by atoms with Crippen LogP contribution in [0.25, 0.3) is 0 Å². The number of halogens is 1. The summed E-state index contributed by atoms with van der Waals surface area (Å²) in [6, 6.07) is 8.30. The van der Waals surface area contributed by atoms with E-state index in [1.165, 1.54) is 5.56 Å². The fourth-order valence-electron chi connectivity index (χ4n) is 2.18. The molecule has 1 aliphatic rings. The summed E-state index contributed by atoms with van der Waals surface area (Å²) in [4.78, 5) is 2.39. The van der Waals surface area contributed by atoms with Gasteiger partial charge in [-0.3, -0.25) is 4.90 Å². The highest BCUT2D eigenvalue weighted by atomic mass is 35.5. The van der Waals surface area contributed by atoms with Crippen LogP contribution in [0.2, 0.25) is 0 Å². The fraction of sp³-hybridized carbons (Fsp3) is 0.571. The molecule has 0 bridgehead atoms. The molecule has 108 valence electrons. The van der Waals surface area contributed by atoms with Gasteiger partial charge in [0.05, 0.1) is 19.3 Å². The predicted octanol–water partition coefficient (Wildman–Crippen LogP) is 1.67. The van der Waals surface area contributed by atoms with Gasteiger partial charge in [0.15, 0.2) is 0 Å². The first-order chi connectivity index (χ1) is 8.81. The van der Waals surface area contributed by atoms with Crippen LogP contribution in [0.1, 0.15) is 12.5 Å². The molecule has 2 N–H and O–H groups in total. The molecule has 2 rings (SSSR count). The summed E-state index contributed by atoms with van der Waals surface area (Å²) in [7, 11) is 0. The van der Waals surface area contributed by atoms with Crippen molar-refractivity contribution in [2.75, 3.05) is 32.8 Å². The molecule has 1 atom stereocenters. The van der Waals surface area contributed by atoms with E-state index in [4.69, 9.17) is 15.2 Å². The molecule has 0 aromatic heterocycles. The van der Waals surface area contributed by atoms with Crippen molar-refractivity contribution in [3.63, 3.8) is 0 Å². The Morgan fingerprint density at radius 1 is 1.37 bits per heavy atom. The minimum Gasteiger partial charge on any atom is -0.494 e. The monoisotopic (exact) mass is 286 g/mol. The van der Waals surface area contributed by atoms with Crippen molar-refractivity contribution >= 4 is 12.4 Å². The van der Waals surface area contributed by atoms with Gasteiger partial charge in [0.2, 0.25) is 0 Å². The van der Waals surface area contributed by atoms with E-state index in [1.807, 2.05) is 19.1 Å². The molecular weight excluding hydrogens is 264 g/mol. The zero-order valence-electron chi connectivity index (χ0n) is 11.4. The summed E-state index contributed by atoms with van der Waals surface area (Å²) in [6.45, 7) is 6.92. The van der Waals surface area contributed by atoms with Gasteiger partial charge in [-0.25, -0.2) is 0 Å². The molecule has 1 aromatic carbocycles. The Morgan fingerprint density at radius 2 is 2.11 bits per heavy atom. The lowest BCUT2D eigenvalue weighted by atomic mass is 10.2. The summed E-state index contributed by atoms with van der Waals surface area (Å²) in [5.74, 6) is 0.933. The van der Waals surface area contributed by atoms with Crippen LogP contribution in [0.5, 0.6) is 5.75 Å². The van der Waals surface area contributed by atoms with Crippen molar-refractivity contribution in [2.24, 2.45) is 5.73 Å². The van der Waals surface area contributed by atoms with Gasteiger partial charge in [-0.15, -0.1) is 12.4 Å². The maximum atomic E-state index is 5.64. The van der Waals surface area contributed by atoms with Crippen molar-refractivity contribution < 1.29 is 9.47 Å². The Morgan fingerprint density at radius 3 is 2.74 bits per heavy atom. The van der Waals surface area contributed by atoms with Gasteiger partial charge >= 0.3 is 0 Å². The van der Waals surface area contributed by atoms with Gasteiger partial charge in [-0.05, 0) is 24.6 Å². The number of morpholine rings is 1. The fourth-order valence-corrected chi connectivity index (χ4v) is 2.18. The average molecular weight is 287 g/mol. The predicted molar refractivity (Wildman–Crippen MR) is 78.9 cm³/mol. The summed E-state index contributed by atoms with van der Waals surface area (Å²) in [5, 5.41) is 0. The normalized spacial score (nSPS) is 19.8. The minimum atomic E-state index is 0. The molecule has 1 saturated heterocycles. The van der Waals surface area contributed by atoms with Gasteiger partial charge in [0.25, 0.3) is 0 Å². The van der Waals surface area contributed by atoms with E-state index >= 15 is 0 Å². The summed E-state index contributed by atoms with van der Waals surface area (Å²) in [5.41, 5.74) is 6.95. The molecule has 0 amide bonds. The van der Waals surface area contributed by atoms with E-state index in [-0.39, 0.29) is 18.5 Å². The molecule has 5 heteroatoms. The van der Waals surface area contributed by atoms with Crippen LogP contribution in [0.3, 0.4) is 0 Å². The second-order valence-corrected chi connectivity index (χ2v) is 4.54. The van der Waals surface area contributed by atoms with Crippen molar-refractivity contribution in [3.8, 4) is 5.75 Å². The highest BCUT2D eigenvalue weighted by Crippen LogP contribution is 2.15. The number of ether oxygens (including phenoxy) is 2. The topological polar surface area (TPSA) is 47.7 Å². The lowest BCUT2D eigenvalue weighted by Gasteiger charge is -2.32. The van der Waals surface area contributed by atoms with E-state index in [0.717, 1.165) is 32.0 Å². The maximum absolute atomic E-state index is 5.64. The first-order valence-corrected chi connectivity index (χ1v) is 6.57. The second-order valence-electron chi connectivity index (χ2n) is 4.54. The Labute approximate surface area is 121 Å². The number of rotatable bonds is 5. The highest BCUT2D eigenvalue weighted by molar-refractivity contribution is 5.85. The summed E-state index contributed by atoms with van der Waals surface area (Å²) >= 11 is 0. The van der Waals surface area contributed by atoms with Gasteiger partial charge in [-0.2, -0.15) is 0 Å². The standard InChI is InChI=1S/C14H22N2O2.ClH/c1-2-17-13-5-3-12(4-6-13)10-16-7-8-18-14(9-15)11-16;/h3-6,14H,2,7-11,15H2,1H3;1H. The third-order valence-corrected chi connectivity index (χ3v) is 3.13. The van der Waals surface area contributed by atoms with E-state index < -0.39 is 0 Å². The molecule has 0 saturated carbocycles. The summed E-state index contributed by atoms with van der Waals surface area (Å²) < 4.78 is 11.0. The summed E-state index contributed by atoms with van der Waals surface area (Å²) in [6.07, 6.45) is 0.182. The molecule has 0 radical (unpaired) electrons. The number of benzene rings is 1. The van der Waals surface area contributed by atoms with E-state index in [1.54, 1.807) is 0 Å². The maximum Gasteiger partial charge on any atom is 0.119 e. The van der Waals surface area contributed by atoms with E-state index in [2.05, 4.69) is 17.0 Å². The van der Waals surface area contributed by atoms with Gasteiger partial charge in [0, 0.05) is 26.2 Å². The third-order valence-electron chi connectivity index (χ3n) is 3.13. The van der Waals surface area contributed by atoms with Crippen LogP contribution in [-0.4, -0.2) is 43.9 Å². The lowest BCUT2D eigenvalue weighted by molar-refractivity contribution is -0.0260. The van der Waals surface area contributed by atoms with Crippen molar-refractivity contribution in [2.45, 2.75) is 19.6 Å². The van der Waals surface area contributed by atoms with Crippen LogP contribution in [0, 0.1) is 0 Å². The van der Waals surface area contributed by atoms with Crippen LogP contribution in [0.15, 0.2) is 24.3 Å². The first kappa shape index (κ1) is 16.2. The molecule has 1 fully saturated rings. The van der Waals surface area contributed by atoms with Crippen LogP contribution in [0.4, 0.5) is 0 Å². The first-order valence-electron chi connectivity index (χ1n) is 6.57. The Kier molecular flexibility index (Phi) is 7.16. The van der Waals surface area contributed by atoms with Crippen molar-refractivity contribution in [3.05, 3.63) is 29.8 Å². The smallest absolute Gasteiger partial charge is 0.119 e. The molecule has 1 aromatic rings. The SMILES string of the molecule is CCOc1ccc(CN2CCOC(CN)C2)cc1.Cl. The van der Waals surface area contributed by atoms with Crippen LogP contribution < -0.4 is 10.5 Å². The van der Waals surface area contributed by atoms with E-state index in [9.17, 15) is 0 Å². The average Bonchev–Trinajstić information content (AvgIpc) is 2.42. The quantitative estimate of drug-likeness (QED) is 0.894. The highest BCUT2D eigenvalue weighted by Gasteiger charge is 2.18. The second kappa shape index (κ2) is 8.38. The number of hydrogen-bond acceptors (Lipinski definition) is 4. The lowest BCUT2D eigenvalue weighted by Crippen LogP contribution is -2.45. The zero-order chi connectivity index (χ0) is 12.8. The van der Waals surface area contributed by atoms with Gasteiger partial charge in [-0.1, -0.05) is 12.1 Å². The molecular formula is C14H23ClN2O2. The van der Waals surface area contributed by atoms with Gasteiger partial charge < -0.3 is 15.2 Å². The van der Waals surface area contributed by atoms with Crippen molar-refractivity contribution in [1.29, 1.82) is 0 Å². The minimum absolute atomic E-state index is 0. The Bertz CT molecular complexity index is 359. The molecule has 0 aliphatic carbocycles. The van der Waals surface area contributed by atoms with E-state index in [0.29, 0.717) is 13.2 Å². The van der Waals surface area contributed by atoms with Gasteiger partial charge in [0.1, 0.15) is 5.75 Å². The number of hydrogen-bond donors (Lipinski definition) is 1. The molecule has 4 nitrogen and oxygen atoms in total. The number of nitrogens with two attached hydrogens (primary N) is 1. The third kappa shape index (κ3) is 4.99. The molecule has 19 heavy (non-hydrogen) atoms. The molecule has 1 aliphatic heterocycles. The van der Waals surface area contributed by atoms with Crippen LogP contribution >= 0.6 is 12.4 Å². The Balaban J connectivity index is 0.00000180. The largest absolute Gasteiger partial charge is 0.494 e. The zero-order valence-corrected chi connectivity index (χ0v) is 12.2.